The molecule has 0 spiro atoms. The van der Waals surface area contributed by atoms with Crippen LogP contribution in [0.15, 0.2) is 89.4 Å². The normalized spacial score (nSPS) is 17.8. The van der Waals surface area contributed by atoms with Crippen LogP contribution in [0.25, 0.3) is 5.70 Å². The second-order valence-corrected chi connectivity index (χ2v) is 7.22. The van der Waals surface area contributed by atoms with E-state index in [1.165, 1.54) is 0 Å². The van der Waals surface area contributed by atoms with Crippen molar-refractivity contribution in [3.8, 4) is 0 Å². The van der Waals surface area contributed by atoms with E-state index in [0.29, 0.717) is 10.9 Å². The van der Waals surface area contributed by atoms with Gasteiger partial charge in [-0.25, -0.2) is 9.79 Å². The minimum atomic E-state index is -0.451. The summed E-state index contributed by atoms with van der Waals surface area (Å²) in [6.45, 7) is 0. The van der Waals surface area contributed by atoms with Crippen LogP contribution < -0.4 is 16.0 Å². The van der Waals surface area contributed by atoms with Gasteiger partial charge in [0.15, 0.2) is 0 Å². The number of rotatable bonds is 2. The Labute approximate surface area is 173 Å². The maximum absolute atomic E-state index is 12.5. The molecule has 2 aliphatic rings. The van der Waals surface area contributed by atoms with Crippen molar-refractivity contribution in [2.45, 2.75) is 6.04 Å². The molecule has 6 heteroatoms. The molecule has 5 rings (SSSR count). The Morgan fingerprint density at radius 1 is 0.828 bits per heavy atom. The zero-order valence-electron chi connectivity index (χ0n) is 15.3. The lowest BCUT2D eigenvalue weighted by Gasteiger charge is -2.31. The number of benzene rings is 3. The summed E-state index contributed by atoms with van der Waals surface area (Å²) in [6.07, 6.45) is 0. The maximum atomic E-state index is 12.5. The molecule has 29 heavy (non-hydrogen) atoms. The third-order valence-electron chi connectivity index (χ3n) is 5.00. The standard InChI is InChI=1S/C23H17ClN4O/c24-16-11-5-4-10-15(16)21-19-20(14-8-2-1-3-9-14)25-17-12-6-7-13-18(17)26-22(19)28-23(29)27-21/h1-13,21,25H,(H2,26,27,28,29)/t21-/m1/s1. The van der Waals surface area contributed by atoms with Crippen molar-refractivity contribution in [2.75, 3.05) is 5.32 Å². The first-order chi connectivity index (χ1) is 14.2. The van der Waals surface area contributed by atoms with Gasteiger partial charge < -0.3 is 10.6 Å². The number of nitrogens with one attached hydrogen (secondary N) is 3. The molecular weight excluding hydrogens is 384 g/mol. The highest BCUT2D eigenvalue weighted by Gasteiger charge is 2.35. The SMILES string of the molecule is O=C1NC2=Nc3ccccc3NC(c3ccccc3)=C2[C@@H](c2ccccc2Cl)N1. The fraction of sp³-hybridized carbons (Fsp3) is 0.0435. The fourth-order valence-electron chi connectivity index (χ4n) is 3.68. The van der Waals surface area contributed by atoms with Gasteiger partial charge in [0.05, 0.1) is 23.1 Å². The smallest absolute Gasteiger partial charge is 0.321 e. The van der Waals surface area contributed by atoms with Gasteiger partial charge in [-0.1, -0.05) is 72.3 Å². The van der Waals surface area contributed by atoms with Crippen molar-refractivity contribution >= 4 is 40.5 Å². The Kier molecular flexibility index (Phi) is 4.30. The lowest BCUT2D eigenvalue weighted by Crippen LogP contribution is -2.50. The lowest BCUT2D eigenvalue weighted by molar-refractivity contribution is 0.241. The maximum Gasteiger partial charge on any atom is 0.321 e. The molecular formula is C23H17ClN4O. The summed E-state index contributed by atoms with van der Waals surface area (Å²) >= 11 is 6.51. The van der Waals surface area contributed by atoms with Crippen LogP contribution in [0.4, 0.5) is 16.2 Å². The molecule has 0 saturated carbocycles. The quantitative estimate of drug-likeness (QED) is 0.549. The molecule has 2 aliphatic heterocycles. The van der Waals surface area contributed by atoms with Gasteiger partial charge in [-0.15, -0.1) is 0 Å². The monoisotopic (exact) mass is 400 g/mol. The van der Waals surface area contributed by atoms with Crippen LogP contribution in [0, 0.1) is 0 Å². The van der Waals surface area contributed by atoms with Crippen LogP contribution in [0.3, 0.4) is 0 Å². The Hall–Kier alpha value is -3.57. The number of anilines is 1. The number of nitrogens with zero attached hydrogens (tertiary/aromatic N) is 1. The van der Waals surface area contributed by atoms with E-state index in [-0.39, 0.29) is 6.03 Å². The third kappa shape index (κ3) is 3.15. The van der Waals surface area contributed by atoms with Gasteiger partial charge in [0, 0.05) is 10.6 Å². The Bertz CT molecular complexity index is 1170. The van der Waals surface area contributed by atoms with Crippen LogP contribution in [0.5, 0.6) is 0 Å². The Morgan fingerprint density at radius 2 is 1.55 bits per heavy atom. The molecule has 0 bridgehead atoms. The average molecular weight is 401 g/mol. The Morgan fingerprint density at radius 3 is 2.38 bits per heavy atom. The largest absolute Gasteiger partial charge is 0.353 e. The summed E-state index contributed by atoms with van der Waals surface area (Å²) in [5, 5.41) is 10.0. The van der Waals surface area contributed by atoms with Crippen LogP contribution in [-0.2, 0) is 0 Å². The molecule has 1 atom stereocenters. The van der Waals surface area contributed by atoms with Crippen molar-refractivity contribution in [1.82, 2.24) is 10.6 Å². The first-order valence-corrected chi connectivity index (χ1v) is 9.65. The van der Waals surface area contributed by atoms with E-state index in [2.05, 4.69) is 16.0 Å². The molecule has 3 aromatic rings. The van der Waals surface area contributed by atoms with E-state index in [1.54, 1.807) is 0 Å². The summed E-state index contributed by atoms with van der Waals surface area (Å²) in [5.74, 6) is 0.509. The van der Waals surface area contributed by atoms with E-state index in [9.17, 15) is 4.79 Å². The first kappa shape index (κ1) is 17.5. The number of urea groups is 1. The van der Waals surface area contributed by atoms with Crippen LogP contribution >= 0.6 is 11.6 Å². The zero-order chi connectivity index (χ0) is 19.8. The van der Waals surface area contributed by atoms with Gasteiger partial charge in [0.25, 0.3) is 0 Å². The molecule has 0 unspecified atom stereocenters. The van der Waals surface area contributed by atoms with Crippen molar-refractivity contribution in [2.24, 2.45) is 4.99 Å². The second-order valence-electron chi connectivity index (χ2n) is 6.81. The molecule has 0 radical (unpaired) electrons. The number of halogens is 1. The van der Waals surface area contributed by atoms with Gasteiger partial charge in [-0.2, -0.15) is 0 Å². The minimum absolute atomic E-state index is 0.316. The van der Waals surface area contributed by atoms with E-state index >= 15 is 0 Å². The lowest BCUT2D eigenvalue weighted by atomic mass is 9.92. The van der Waals surface area contributed by atoms with Crippen molar-refractivity contribution in [1.29, 1.82) is 0 Å². The molecule has 5 nitrogen and oxygen atoms in total. The van der Waals surface area contributed by atoms with Gasteiger partial charge in [-0.05, 0) is 29.3 Å². The fourth-order valence-corrected chi connectivity index (χ4v) is 3.92. The molecule has 0 aliphatic carbocycles. The highest BCUT2D eigenvalue weighted by molar-refractivity contribution is 6.31. The van der Waals surface area contributed by atoms with E-state index in [0.717, 1.165) is 33.8 Å². The molecule has 3 N–H and O–H groups in total. The number of amidine groups is 1. The topological polar surface area (TPSA) is 65.5 Å². The predicted octanol–water partition coefficient (Wildman–Crippen LogP) is 5.26. The minimum Gasteiger partial charge on any atom is -0.353 e. The number of fused-ring (bicyclic) bond motifs is 2. The molecule has 3 aromatic carbocycles. The number of hydrogen-bond donors (Lipinski definition) is 3. The van der Waals surface area contributed by atoms with Crippen LogP contribution in [-0.4, -0.2) is 11.9 Å². The number of amides is 2. The van der Waals surface area contributed by atoms with Crippen molar-refractivity contribution < 1.29 is 4.79 Å². The van der Waals surface area contributed by atoms with Gasteiger partial charge in [-0.3, -0.25) is 5.32 Å². The van der Waals surface area contributed by atoms with Gasteiger partial charge >= 0.3 is 6.03 Å². The summed E-state index contributed by atoms with van der Waals surface area (Å²) in [4.78, 5) is 17.3. The number of para-hydroxylation sites is 2. The predicted molar refractivity (Wildman–Crippen MR) is 116 cm³/mol. The molecule has 1 saturated heterocycles. The summed E-state index contributed by atoms with van der Waals surface area (Å²) < 4.78 is 0. The zero-order valence-corrected chi connectivity index (χ0v) is 16.1. The third-order valence-corrected chi connectivity index (χ3v) is 5.34. The van der Waals surface area contributed by atoms with Crippen molar-refractivity contribution in [3.63, 3.8) is 0 Å². The highest BCUT2D eigenvalue weighted by atomic mass is 35.5. The molecule has 2 heterocycles. The summed E-state index contributed by atoms with van der Waals surface area (Å²) in [5.41, 5.74) is 5.13. The number of carbonyl (C=O) groups excluding carboxylic acids is 1. The summed E-state index contributed by atoms with van der Waals surface area (Å²) in [6, 6.07) is 24.5. The molecule has 0 aromatic heterocycles. The van der Waals surface area contributed by atoms with Gasteiger partial charge in [0.2, 0.25) is 0 Å². The average Bonchev–Trinajstić information content (AvgIpc) is 2.91. The highest BCUT2D eigenvalue weighted by Crippen LogP contribution is 2.40. The molecule has 1 fully saturated rings. The van der Waals surface area contributed by atoms with E-state index in [4.69, 9.17) is 16.6 Å². The molecule has 142 valence electrons. The van der Waals surface area contributed by atoms with Crippen molar-refractivity contribution in [3.05, 3.63) is 101 Å². The van der Waals surface area contributed by atoms with E-state index < -0.39 is 6.04 Å². The number of hydrogen-bond acceptors (Lipinski definition) is 3. The summed E-state index contributed by atoms with van der Waals surface area (Å²) in [7, 11) is 0. The van der Waals surface area contributed by atoms with Crippen LogP contribution in [0.2, 0.25) is 5.02 Å². The second kappa shape index (κ2) is 7.11. The van der Waals surface area contributed by atoms with E-state index in [1.807, 2.05) is 78.9 Å². The van der Waals surface area contributed by atoms with Crippen LogP contribution in [0.1, 0.15) is 17.2 Å². The van der Waals surface area contributed by atoms with Gasteiger partial charge in [0.1, 0.15) is 5.84 Å². The first-order valence-electron chi connectivity index (χ1n) is 9.27. The Balaban J connectivity index is 1.80. The number of aliphatic imine (C=N–C) groups is 1. The number of carbonyl (C=O) groups is 1. The molecule has 2 amide bonds.